The number of hydrogen-bond donors (Lipinski definition) is 0. The molecule has 1 aromatic rings. The van der Waals surface area contributed by atoms with Gasteiger partial charge in [-0.15, -0.1) is 0 Å². The van der Waals surface area contributed by atoms with Gasteiger partial charge in [0.1, 0.15) is 11.5 Å². The van der Waals surface area contributed by atoms with E-state index < -0.39 is 23.6 Å². The highest BCUT2D eigenvalue weighted by Crippen LogP contribution is 2.41. The van der Waals surface area contributed by atoms with Crippen molar-refractivity contribution in [1.29, 1.82) is 0 Å². The maximum Gasteiger partial charge on any atom is 0.326 e. The zero-order chi connectivity index (χ0) is 17.7. The van der Waals surface area contributed by atoms with E-state index in [1.54, 1.807) is 32.0 Å². The summed E-state index contributed by atoms with van der Waals surface area (Å²) in [5.74, 6) is -0.0334. The van der Waals surface area contributed by atoms with Gasteiger partial charge in [-0.25, -0.2) is 0 Å². The average molecular weight is 336 g/mol. The maximum atomic E-state index is 12.5. The monoisotopic (exact) mass is 336 g/mol. The molecule has 0 N–H and O–H groups in total. The number of esters is 2. The Balaban J connectivity index is 2.36. The summed E-state index contributed by atoms with van der Waals surface area (Å²) in [5, 5.41) is 0. The summed E-state index contributed by atoms with van der Waals surface area (Å²) in [7, 11) is 0. The fourth-order valence-corrected chi connectivity index (χ4v) is 2.74. The highest BCUT2D eigenvalue weighted by atomic mass is 16.7. The molecule has 1 heterocycles. The number of ether oxygens (including phenoxy) is 4. The lowest BCUT2D eigenvalue weighted by Crippen LogP contribution is -2.46. The molecular formula is C18H24O6. The van der Waals surface area contributed by atoms with Crippen LogP contribution in [-0.2, 0) is 19.1 Å². The Bertz CT molecular complexity index is 586. The molecule has 0 saturated carbocycles. The molecule has 0 aromatic heterocycles. The van der Waals surface area contributed by atoms with E-state index in [2.05, 4.69) is 0 Å². The molecule has 6 heteroatoms. The molecule has 0 unspecified atom stereocenters. The first kappa shape index (κ1) is 18.1. The smallest absolute Gasteiger partial charge is 0.326 e. The summed E-state index contributed by atoms with van der Waals surface area (Å²) in [6.07, 6.45) is -0.450. The van der Waals surface area contributed by atoms with Gasteiger partial charge in [0.25, 0.3) is 6.29 Å². The predicted molar refractivity (Wildman–Crippen MR) is 86.7 cm³/mol. The fourth-order valence-electron chi connectivity index (χ4n) is 2.74. The van der Waals surface area contributed by atoms with Crippen molar-refractivity contribution in [2.24, 2.45) is 5.41 Å². The highest BCUT2D eigenvalue weighted by molar-refractivity contribution is 6.01. The summed E-state index contributed by atoms with van der Waals surface area (Å²) in [4.78, 5) is 24.9. The Morgan fingerprint density at radius 1 is 0.958 bits per heavy atom. The molecular weight excluding hydrogens is 312 g/mol. The van der Waals surface area contributed by atoms with Crippen molar-refractivity contribution in [2.75, 3.05) is 13.2 Å². The minimum absolute atomic E-state index is 0.338. The van der Waals surface area contributed by atoms with Crippen LogP contribution in [0.25, 0.3) is 0 Å². The van der Waals surface area contributed by atoms with Gasteiger partial charge in [-0.2, -0.15) is 0 Å². The van der Waals surface area contributed by atoms with E-state index >= 15 is 0 Å². The molecule has 0 spiro atoms. The van der Waals surface area contributed by atoms with Crippen LogP contribution in [0.15, 0.2) is 18.2 Å². The van der Waals surface area contributed by atoms with Crippen LogP contribution in [0.2, 0.25) is 0 Å². The highest BCUT2D eigenvalue weighted by Gasteiger charge is 2.52. The number of carbonyl (C=O) groups excluding carboxylic acids is 2. The molecule has 24 heavy (non-hydrogen) atoms. The minimum atomic E-state index is -1.22. The third-order valence-corrected chi connectivity index (χ3v) is 4.26. The lowest BCUT2D eigenvalue weighted by molar-refractivity contribution is -0.226. The third kappa shape index (κ3) is 3.18. The largest absolute Gasteiger partial charge is 0.494 e. The van der Waals surface area contributed by atoms with Crippen molar-refractivity contribution < 1.29 is 28.5 Å². The predicted octanol–water partition coefficient (Wildman–Crippen LogP) is 3.39. The first-order chi connectivity index (χ1) is 11.5. The molecule has 0 atom stereocenters. The van der Waals surface area contributed by atoms with E-state index in [-0.39, 0.29) is 0 Å². The topological polar surface area (TPSA) is 71.1 Å². The molecule has 1 aliphatic heterocycles. The van der Waals surface area contributed by atoms with Gasteiger partial charge < -0.3 is 18.9 Å². The minimum Gasteiger partial charge on any atom is -0.494 e. The van der Waals surface area contributed by atoms with Crippen LogP contribution in [0.5, 0.6) is 11.5 Å². The molecule has 0 amide bonds. The number of benzene rings is 1. The third-order valence-electron chi connectivity index (χ3n) is 4.26. The van der Waals surface area contributed by atoms with Gasteiger partial charge in [-0.1, -0.05) is 13.8 Å². The molecule has 1 aromatic carbocycles. The first-order valence-electron chi connectivity index (χ1n) is 8.34. The summed E-state index contributed by atoms with van der Waals surface area (Å²) in [5.41, 5.74) is -0.759. The Morgan fingerprint density at radius 3 is 2.04 bits per heavy atom. The molecule has 6 nitrogen and oxygen atoms in total. The van der Waals surface area contributed by atoms with Gasteiger partial charge in [-0.3, -0.25) is 9.59 Å². The Morgan fingerprint density at radius 2 is 1.54 bits per heavy atom. The fraction of sp³-hybridized carbons (Fsp3) is 0.556. The second kappa shape index (κ2) is 7.55. The summed E-state index contributed by atoms with van der Waals surface area (Å²) in [6, 6.07) is 5.14. The van der Waals surface area contributed by atoms with E-state index in [1.807, 2.05) is 13.8 Å². The van der Waals surface area contributed by atoms with Crippen LogP contribution in [0.3, 0.4) is 0 Å². The molecule has 1 saturated heterocycles. The van der Waals surface area contributed by atoms with Crippen LogP contribution in [0.4, 0.5) is 0 Å². The average Bonchev–Trinajstić information content (AvgIpc) is 2.57. The van der Waals surface area contributed by atoms with Crippen molar-refractivity contribution in [1.82, 2.24) is 0 Å². The summed E-state index contributed by atoms with van der Waals surface area (Å²) in [6.45, 7) is 8.18. The van der Waals surface area contributed by atoms with Crippen molar-refractivity contribution in [2.45, 2.75) is 46.8 Å². The zero-order valence-electron chi connectivity index (χ0n) is 14.6. The number of cyclic esters (lactones) is 2. The van der Waals surface area contributed by atoms with E-state index in [0.717, 1.165) is 0 Å². The van der Waals surface area contributed by atoms with Gasteiger partial charge in [0, 0.05) is 0 Å². The quantitative estimate of drug-likeness (QED) is 0.561. The number of rotatable bonds is 7. The van der Waals surface area contributed by atoms with Crippen LogP contribution >= 0.6 is 0 Å². The Hall–Kier alpha value is -2.24. The van der Waals surface area contributed by atoms with Gasteiger partial charge >= 0.3 is 11.9 Å². The van der Waals surface area contributed by atoms with E-state index in [1.165, 1.54) is 0 Å². The standard InChI is InChI=1S/C18H24O6/c1-5-18(6-2)16(19)23-15(24-17(18)20)13-11-12(21-7-3)9-10-14(13)22-8-4/h9-11,15H,5-8H2,1-4H3. The van der Waals surface area contributed by atoms with E-state index in [0.29, 0.717) is 43.1 Å². The Kier molecular flexibility index (Phi) is 5.70. The van der Waals surface area contributed by atoms with Crippen molar-refractivity contribution in [3.05, 3.63) is 23.8 Å². The van der Waals surface area contributed by atoms with E-state index in [4.69, 9.17) is 18.9 Å². The second-order valence-corrected chi connectivity index (χ2v) is 5.50. The van der Waals surface area contributed by atoms with Crippen LogP contribution in [0.1, 0.15) is 52.4 Å². The SMILES string of the molecule is CCOc1ccc(OCC)c(C2OC(=O)C(CC)(CC)C(=O)O2)c1. The van der Waals surface area contributed by atoms with Crippen LogP contribution in [-0.4, -0.2) is 25.2 Å². The lowest BCUT2D eigenvalue weighted by atomic mass is 9.82. The van der Waals surface area contributed by atoms with Gasteiger partial charge in [0.2, 0.25) is 0 Å². The van der Waals surface area contributed by atoms with Crippen molar-refractivity contribution in [3.63, 3.8) is 0 Å². The second-order valence-electron chi connectivity index (χ2n) is 5.50. The van der Waals surface area contributed by atoms with E-state index in [9.17, 15) is 9.59 Å². The van der Waals surface area contributed by atoms with Gasteiger partial charge in [0.05, 0.1) is 18.8 Å². The normalized spacial score (nSPS) is 17.2. The molecule has 132 valence electrons. The molecule has 1 fully saturated rings. The maximum absolute atomic E-state index is 12.5. The van der Waals surface area contributed by atoms with Crippen LogP contribution < -0.4 is 9.47 Å². The van der Waals surface area contributed by atoms with Gasteiger partial charge in [0.15, 0.2) is 5.41 Å². The summed E-state index contributed by atoms with van der Waals surface area (Å²) >= 11 is 0. The lowest BCUT2D eigenvalue weighted by Gasteiger charge is -2.35. The number of hydrogen-bond acceptors (Lipinski definition) is 6. The zero-order valence-corrected chi connectivity index (χ0v) is 14.6. The van der Waals surface area contributed by atoms with Crippen molar-refractivity contribution in [3.8, 4) is 11.5 Å². The Labute approximate surface area is 142 Å². The van der Waals surface area contributed by atoms with Crippen LogP contribution in [0, 0.1) is 5.41 Å². The molecule has 0 aliphatic carbocycles. The molecule has 1 aliphatic rings. The van der Waals surface area contributed by atoms with Gasteiger partial charge in [-0.05, 0) is 44.9 Å². The molecule has 2 rings (SSSR count). The summed E-state index contributed by atoms with van der Waals surface area (Å²) < 4.78 is 21.9. The molecule has 0 radical (unpaired) electrons. The van der Waals surface area contributed by atoms with Crippen molar-refractivity contribution >= 4 is 11.9 Å². The first-order valence-corrected chi connectivity index (χ1v) is 8.34. The molecule has 0 bridgehead atoms. The number of carbonyl (C=O) groups is 2.